The van der Waals surface area contributed by atoms with Crippen molar-refractivity contribution in [3.8, 4) is 0 Å². The number of benzene rings is 1. The van der Waals surface area contributed by atoms with Crippen molar-refractivity contribution in [1.82, 2.24) is 0 Å². The average Bonchev–Trinajstić information content (AvgIpc) is 2.15. The van der Waals surface area contributed by atoms with Crippen LogP contribution in [0, 0.1) is 10.1 Å². The number of halogens is 3. The van der Waals surface area contributed by atoms with Gasteiger partial charge in [-0.3, -0.25) is 10.1 Å². The van der Waals surface area contributed by atoms with E-state index in [1.807, 2.05) is 0 Å². The molecule has 0 bridgehead atoms. The Labute approximate surface area is 102 Å². The largest absolute Gasteiger partial charge is 0.383 e. The maximum Gasteiger partial charge on any atom is 0.269 e. The Kier molecular flexibility index (Phi) is 3.80. The van der Waals surface area contributed by atoms with Crippen molar-refractivity contribution in [1.29, 1.82) is 0 Å². The minimum Gasteiger partial charge on any atom is -0.383 e. The van der Waals surface area contributed by atoms with Gasteiger partial charge in [0.2, 0.25) is 3.49 Å². The molecule has 82 valence electrons. The molecule has 0 amide bonds. The summed E-state index contributed by atoms with van der Waals surface area (Å²) < 4.78 is 11.0. The number of alkyl halides is 3. The molecule has 0 aliphatic carbocycles. The molecule has 7 heteroatoms. The van der Waals surface area contributed by atoms with E-state index in [-0.39, 0.29) is 11.3 Å². The van der Waals surface area contributed by atoms with Gasteiger partial charge >= 0.3 is 0 Å². The minimum absolute atomic E-state index is 0.112. The Morgan fingerprint density at radius 2 is 1.87 bits per heavy atom. The summed E-state index contributed by atoms with van der Waals surface area (Å²) >= 11 is 5.19. The standard InChI is InChI=1S/C8H6Br2FNO3/c9-8(10,11)7(13)5-1-3-6(4-2-5)12(14)15/h1-4,7,13H. The highest BCUT2D eigenvalue weighted by atomic mass is 79.9. The lowest BCUT2D eigenvalue weighted by atomic mass is 10.1. The molecule has 0 fully saturated rings. The maximum absolute atomic E-state index is 13.2. The van der Waals surface area contributed by atoms with E-state index >= 15 is 0 Å². The topological polar surface area (TPSA) is 63.4 Å². The van der Waals surface area contributed by atoms with E-state index in [0.717, 1.165) is 0 Å². The molecule has 0 saturated heterocycles. The lowest BCUT2D eigenvalue weighted by Crippen LogP contribution is -2.16. The summed E-state index contributed by atoms with van der Waals surface area (Å²) in [6.45, 7) is 0. The summed E-state index contributed by atoms with van der Waals surface area (Å²) in [5.74, 6) is 0. The number of nitro groups is 1. The summed E-state index contributed by atoms with van der Waals surface area (Å²) in [7, 11) is 0. The fraction of sp³-hybridized carbons (Fsp3) is 0.250. The van der Waals surface area contributed by atoms with Crippen LogP contribution in [0.4, 0.5) is 10.1 Å². The van der Waals surface area contributed by atoms with Crippen molar-refractivity contribution >= 4 is 37.5 Å². The van der Waals surface area contributed by atoms with Gasteiger partial charge in [-0.2, -0.15) is 0 Å². The first-order chi connectivity index (χ1) is 6.82. The number of nitrogens with zero attached hydrogens (tertiary/aromatic N) is 1. The van der Waals surface area contributed by atoms with Crippen LogP contribution in [0.15, 0.2) is 24.3 Å². The monoisotopic (exact) mass is 341 g/mol. The van der Waals surface area contributed by atoms with Crippen LogP contribution in [0.2, 0.25) is 0 Å². The molecule has 0 aliphatic heterocycles. The summed E-state index contributed by atoms with van der Waals surface area (Å²) in [5.41, 5.74) is 0.122. The normalized spacial score (nSPS) is 13.6. The van der Waals surface area contributed by atoms with Gasteiger partial charge in [0.25, 0.3) is 5.69 Å². The number of hydrogen-bond acceptors (Lipinski definition) is 3. The molecule has 4 nitrogen and oxygen atoms in total. The first-order valence-corrected chi connectivity index (χ1v) is 5.40. The van der Waals surface area contributed by atoms with Crippen LogP contribution < -0.4 is 0 Å². The average molecular weight is 343 g/mol. The predicted octanol–water partition coefficient (Wildman–Crippen LogP) is 3.04. The zero-order chi connectivity index (χ0) is 11.6. The summed E-state index contributed by atoms with van der Waals surface area (Å²) in [6, 6.07) is 4.98. The van der Waals surface area contributed by atoms with Gasteiger partial charge in [-0.15, -0.1) is 0 Å². The molecule has 0 saturated carbocycles. The second kappa shape index (κ2) is 4.54. The SMILES string of the molecule is O=[N+]([O-])c1ccc(C(O)C(F)(Br)Br)cc1. The molecule has 1 N–H and O–H groups in total. The molecule has 15 heavy (non-hydrogen) atoms. The van der Waals surface area contributed by atoms with E-state index in [9.17, 15) is 19.6 Å². The summed E-state index contributed by atoms with van der Waals surface area (Å²) in [4.78, 5) is 9.76. The fourth-order valence-corrected chi connectivity index (χ4v) is 1.50. The van der Waals surface area contributed by atoms with Crippen LogP contribution in [-0.4, -0.2) is 13.5 Å². The molecule has 0 spiro atoms. The van der Waals surface area contributed by atoms with E-state index in [2.05, 4.69) is 31.9 Å². The number of rotatable bonds is 3. The molecule has 1 unspecified atom stereocenters. The van der Waals surface area contributed by atoms with Crippen molar-refractivity contribution < 1.29 is 14.4 Å². The molecule has 1 atom stereocenters. The third-order valence-corrected chi connectivity index (χ3v) is 2.60. The Morgan fingerprint density at radius 3 is 2.20 bits per heavy atom. The molecule has 0 aromatic heterocycles. The third-order valence-electron chi connectivity index (χ3n) is 1.73. The van der Waals surface area contributed by atoms with Gasteiger partial charge in [0.15, 0.2) is 0 Å². The molecular formula is C8H6Br2FNO3. The van der Waals surface area contributed by atoms with Crippen LogP contribution >= 0.6 is 31.9 Å². The second-order valence-electron chi connectivity index (χ2n) is 2.79. The third kappa shape index (κ3) is 3.22. The van der Waals surface area contributed by atoms with Crippen molar-refractivity contribution in [2.24, 2.45) is 0 Å². The van der Waals surface area contributed by atoms with Crippen LogP contribution in [0.25, 0.3) is 0 Å². The minimum atomic E-state index is -2.14. The quantitative estimate of drug-likeness (QED) is 0.521. The van der Waals surface area contributed by atoms with E-state index in [4.69, 9.17) is 0 Å². The summed E-state index contributed by atoms with van der Waals surface area (Å²) in [6.07, 6.45) is -1.45. The van der Waals surface area contributed by atoms with Crippen molar-refractivity contribution in [2.45, 2.75) is 9.59 Å². The number of aliphatic hydroxyl groups excluding tert-OH is 1. The highest BCUT2D eigenvalue weighted by molar-refractivity contribution is 9.25. The Morgan fingerprint density at radius 1 is 1.40 bits per heavy atom. The Hall–Kier alpha value is -0.530. The van der Waals surface area contributed by atoms with E-state index < -0.39 is 14.5 Å². The molecule has 0 heterocycles. The number of aliphatic hydroxyl groups is 1. The second-order valence-corrected chi connectivity index (χ2v) is 6.17. The van der Waals surface area contributed by atoms with Crippen LogP contribution in [-0.2, 0) is 0 Å². The van der Waals surface area contributed by atoms with Gasteiger partial charge in [0, 0.05) is 12.1 Å². The first kappa shape index (κ1) is 12.5. The highest BCUT2D eigenvalue weighted by Gasteiger charge is 2.33. The van der Waals surface area contributed by atoms with E-state index in [0.29, 0.717) is 0 Å². The smallest absolute Gasteiger partial charge is 0.269 e. The Bertz CT molecular complexity index is 363. The maximum atomic E-state index is 13.2. The first-order valence-electron chi connectivity index (χ1n) is 3.81. The fourth-order valence-electron chi connectivity index (χ4n) is 0.967. The van der Waals surface area contributed by atoms with Crippen molar-refractivity contribution in [3.05, 3.63) is 39.9 Å². The number of hydrogen-bond donors (Lipinski definition) is 1. The zero-order valence-electron chi connectivity index (χ0n) is 7.23. The number of non-ortho nitro benzene ring substituents is 1. The van der Waals surface area contributed by atoms with E-state index in [1.54, 1.807) is 0 Å². The predicted molar refractivity (Wildman–Crippen MR) is 59.7 cm³/mol. The van der Waals surface area contributed by atoms with E-state index in [1.165, 1.54) is 24.3 Å². The molecule has 1 aromatic carbocycles. The molecule has 1 aromatic rings. The zero-order valence-corrected chi connectivity index (χ0v) is 10.4. The van der Waals surface area contributed by atoms with Crippen LogP contribution in [0.5, 0.6) is 0 Å². The molecular weight excluding hydrogens is 337 g/mol. The lowest BCUT2D eigenvalue weighted by Gasteiger charge is -2.18. The van der Waals surface area contributed by atoms with Gasteiger partial charge in [-0.25, -0.2) is 4.39 Å². The Balaban J connectivity index is 2.94. The summed E-state index contributed by atoms with van der Waals surface area (Å²) in [5, 5.41) is 19.8. The van der Waals surface area contributed by atoms with Crippen molar-refractivity contribution in [2.75, 3.05) is 0 Å². The van der Waals surface area contributed by atoms with Crippen LogP contribution in [0.1, 0.15) is 11.7 Å². The van der Waals surface area contributed by atoms with Gasteiger partial charge in [0.1, 0.15) is 6.10 Å². The lowest BCUT2D eigenvalue weighted by molar-refractivity contribution is -0.384. The van der Waals surface area contributed by atoms with Gasteiger partial charge < -0.3 is 5.11 Å². The number of nitro benzene ring substituents is 1. The molecule has 0 aliphatic rings. The van der Waals surface area contributed by atoms with Gasteiger partial charge in [0.05, 0.1) is 4.92 Å². The van der Waals surface area contributed by atoms with Crippen LogP contribution in [0.3, 0.4) is 0 Å². The molecule has 1 rings (SSSR count). The molecule has 0 radical (unpaired) electrons. The highest BCUT2D eigenvalue weighted by Crippen LogP contribution is 2.40. The van der Waals surface area contributed by atoms with Gasteiger partial charge in [-0.05, 0) is 49.6 Å². The van der Waals surface area contributed by atoms with Gasteiger partial charge in [-0.1, -0.05) is 0 Å². The van der Waals surface area contributed by atoms with Crippen molar-refractivity contribution in [3.63, 3.8) is 0 Å².